The maximum atomic E-state index is 12.8. The summed E-state index contributed by atoms with van der Waals surface area (Å²) in [5.74, 6) is -1.85. The molecule has 2 rings (SSSR count). The van der Waals surface area contributed by atoms with E-state index in [1.807, 2.05) is 0 Å². The van der Waals surface area contributed by atoms with Gasteiger partial charge >= 0.3 is 21.6 Å². The van der Waals surface area contributed by atoms with Crippen LogP contribution in [-0.4, -0.2) is 28.0 Å². The third-order valence-electron chi connectivity index (χ3n) is 3.48. The molecule has 27 heavy (non-hydrogen) atoms. The SMILES string of the molecule is C[Si](C)(C)c1cccc(OC(=O)c2ccccc2)c1OS(=O)(=O)C(F)(F)F. The maximum Gasteiger partial charge on any atom is 0.534 e. The lowest BCUT2D eigenvalue weighted by molar-refractivity contribution is -0.0500. The zero-order valence-corrected chi connectivity index (χ0v) is 16.5. The molecule has 0 spiro atoms. The minimum Gasteiger partial charge on any atom is -0.419 e. The predicted molar refractivity (Wildman–Crippen MR) is 96.4 cm³/mol. The lowest BCUT2D eigenvalue weighted by atomic mass is 10.2. The summed E-state index contributed by atoms with van der Waals surface area (Å²) in [5.41, 5.74) is -5.46. The van der Waals surface area contributed by atoms with Gasteiger partial charge < -0.3 is 8.92 Å². The Morgan fingerprint density at radius 1 is 0.963 bits per heavy atom. The molecule has 0 fully saturated rings. The van der Waals surface area contributed by atoms with Crippen LogP contribution in [-0.2, 0) is 10.1 Å². The van der Waals surface area contributed by atoms with Gasteiger partial charge in [0.15, 0.2) is 11.5 Å². The van der Waals surface area contributed by atoms with Crippen molar-refractivity contribution in [3.05, 3.63) is 54.1 Å². The third-order valence-corrected chi connectivity index (χ3v) is 6.44. The van der Waals surface area contributed by atoms with Crippen molar-refractivity contribution in [3.8, 4) is 11.5 Å². The van der Waals surface area contributed by atoms with Crippen molar-refractivity contribution in [2.45, 2.75) is 25.1 Å². The van der Waals surface area contributed by atoms with E-state index < -0.39 is 41.2 Å². The van der Waals surface area contributed by atoms with Crippen LogP contribution < -0.4 is 14.1 Å². The summed E-state index contributed by atoms with van der Waals surface area (Å²) >= 11 is 0. The number of benzene rings is 2. The lowest BCUT2D eigenvalue weighted by Crippen LogP contribution is -2.40. The molecule has 146 valence electrons. The Labute approximate surface area is 155 Å². The Morgan fingerprint density at radius 2 is 1.56 bits per heavy atom. The van der Waals surface area contributed by atoms with Crippen LogP contribution in [0.3, 0.4) is 0 Å². The van der Waals surface area contributed by atoms with Gasteiger partial charge in [-0.25, -0.2) is 4.79 Å². The predicted octanol–water partition coefficient (Wildman–Crippen LogP) is 3.68. The zero-order chi connectivity index (χ0) is 20.5. The molecule has 0 radical (unpaired) electrons. The van der Waals surface area contributed by atoms with Crippen molar-refractivity contribution in [2.24, 2.45) is 0 Å². The minimum atomic E-state index is -5.93. The number of carbonyl (C=O) groups excluding carboxylic acids is 1. The molecule has 0 bridgehead atoms. The van der Waals surface area contributed by atoms with E-state index in [1.165, 1.54) is 30.3 Å². The summed E-state index contributed by atoms with van der Waals surface area (Å²) in [7, 11) is -8.27. The van der Waals surface area contributed by atoms with Crippen LogP contribution in [0.5, 0.6) is 11.5 Å². The second-order valence-corrected chi connectivity index (χ2v) is 13.2. The first-order valence-electron chi connectivity index (χ1n) is 7.74. The molecule has 0 heterocycles. The van der Waals surface area contributed by atoms with E-state index in [-0.39, 0.29) is 10.8 Å². The highest BCUT2D eigenvalue weighted by Crippen LogP contribution is 2.33. The highest BCUT2D eigenvalue weighted by Gasteiger charge is 2.49. The van der Waals surface area contributed by atoms with Gasteiger partial charge in [0.05, 0.1) is 13.6 Å². The average Bonchev–Trinajstić information content (AvgIpc) is 2.54. The number of hydrogen-bond acceptors (Lipinski definition) is 5. The highest BCUT2D eigenvalue weighted by atomic mass is 32.2. The number of para-hydroxylation sites is 1. The number of rotatable bonds is 5. The van der Waals surface area contributed by atoms with Crippen LogP contribution in [0.1, 0.15) is 10.4 Å². The van der Waals surface area contributed by atoms with E-state index in [9.17, 15) is 26.4 Å². The number of ether oxygens (including phenoxy) is 1. The molecule has 0 amide bonds. The fraction of sp³-hybridized carbons (Fsp3) is 0.235. The summed E-state index contributed by atoms with van der Waals surface area (Å²) in [5, 5.41) is 0.272. The Bertz CT molecular complexity index is 935. The maximum absolute atomic E-state index is 12.8. The van der Waals surface area contributed by atoms with Gasteiger partial charge in [-0.1, -0.05) is 50.0 Å². The Morgan fingerprint density at radius 3 is 2.07 bits per heavy atom. The first-order chi connectivity index (χ1) is 12.3. The molecule has 5 nitrogen and oxygen atoms in total. The van der Waals surface area contributed by atoms with Gasteiger partial charge in [-0.15, -0.1) is 0 Å². The number of carbonyl (C=O) groups is 1. The van der Waals surface area contributed by atoms with E-state index in [1.54, 1.807) is 37.8 Å². The Kier molecular flexibility index (Phi) is 5.71. The third kappa shape index (κ3) is 4.89. The van der Waals surface area contributed by atoms with E-state index in [4.69, 9.17) is 4.74 Å². The molecule has 0 aliphatic rings. The fourth-order valence-electron chi connectivity index (χ4n) is 2.16. The first kappa shape index (κ1) is 21.0. The van der Waals surface area contributed by atoms with Crippen LogP contribution in [0.15, 0.2) is 48.5 Å². The van der Waals surface area contributed by atoms with Crippen LogP contribution in [0.2, 0.25) is 19.6 Å². The molecule has 10 heteroatoms. The molecule has 2 aromatic carbocycles. The van der Waals surface area contributed by atoms with Crippen LogP contribution in [0.4, 0.5) is 13.2 Å². The van der Waals surface area contributed by atoms with Crippen molar-refractivity contribution < 1.29 is 35.3 Å². The Hall–Kier alpha value is -2.33. The second-order valence-electron chi connectivity index (χ2n) is 6.62. The van der Waals surface area contributed by atoms with Crippen molar-refractivity contribution in [1.29, 1.82) is 0 Å². The second kappa shape index (κ2) is 7.35. The standard InChI is InChI=1S/C17H17F3O5SSi/c1-27(2,3)14-11-7-10-13(15(14)25-26(22,23)17(18,19)20)24-16(21)12-8-5-4-6-9-12/h4-11H,1-3H3. The van der Waals surface area contributed by atoms with Gasteiger partial charge in [0.2, 0.25) is 0 Å². The van der Waals surface area contributed by atoms with Crippen LogP contribution in [0.25, 0.3) is 0 Å². The summed E-state index contributed by atoms with van der Waals surface area (Å²) in [4.78, 5) is 12.3. The summed E-state index contributed by atoms with van der Waals surface area (Å²) in [6.45, 7) is 5.37. The molecule has 0 saturated heterocycles. The topological polar surface area (TPSA) is 69.7 Å². The first-order valence-corrected chi connectivity index (χ1v) is 12.7. The van der Waals surface area contributed by atoms with Gasteiger partial charge in [-0.3, -0.25) is 0 Å². The number of alkyl halides is 3. The molecule has 0 aromatic heterocycles. The normalized spacial score (nSPS) is 12.5. The minimum absolute atomic E-state index is 0.153. The van der Waals surface area contributed by atoms with Crippen molar-refractivity contribution >= 4 is 29.3 Å². The molecular formula is C17H17F3O5SSi. The average molecular weight is 418 g/mol. The van der Waals surface area contributed by atoms with E-state index >= 15 is 0 Å². The summed E-state index contributed by atoms with van der Waals surface area (Å²) < 4.78 is 71.0. The smallest absolute Gasteiger partial charge is 0.419 e. The van der Waals surface area contributed by atoms with Crippen LogP contribution >= 0.6 is 0 Å². The van der Waals surface area contributed by atoms with Crippen molar-refractivity contribution in [2.75, 3.05) is 0 Å². The van der Waals surface area contributed by atoms with Crippen molar-refractivity contribution in [3.63, 3.8) is 0 Å². The Balaban J connectivity index is 2.53. The summed E-state index contributed by atoms with van der Waals surface area (Å²) in [6, 6.07) is 11.9. The molecule has 0 unspecified atom stereocenters. The number of esters is 1. The van der Waals surface area contributed by atoms with Gasteiger partial charge in [0.25, 0.3) is 0 Å². The van der Waals surface area contributed by atoms with E-state index in [2.05, 4.69) is 4.18 Å². The molecule has 0 aliphatic heterocycles. The molecule has 0 saturated carbocycles. The molecule has 0 atom stereocenters. The lowest BCUT2D eigenvalue weighted by Gasteiger charge is -2.22. The van der Waals surface area contributed by atoms with Gasteiger partial charge in [0.1, 0.15) is 0 Å². The molecule has 2 aromatic rings. The van der Waals surface area contributed by atoms with Gasteiger partial charge in [-0.2, -0.15) is 21.6 Å². The molecule has 0 N–H and O–H groups in total. The van der Waals surface area contributed by atoms with Crippen molar-refractivity contribution in [1.82, 2.24) is 0 Å². The monoisotopic (exact) mass is 418 g/mol. The zero-order valence-electron chi connectivity index (χ0n) is 14.7. The summed E-state index contributed by atoms with van der Waals surface area (Å²) in [6.07, 6.45) is 0. The number of halogens is 3. The van der Waals surface area contributed by atoms with Gasteiger partial charge in [0, 0.05) is 0 Å². The van der Waals surface area contributed by atoms with E-state index in [0.29, 0.717) is 0 Å². The highest BCUT2D eigenvalue weighted by molar-refractivity contribution is 7.88. The van der Waals surface area contributed by atoms with Gasteiger partial charge in [-0.05, 0) is 23.4 Å². The quantitative estimate of drug-likeness (QED) is 0.244. The molecule has 0 aliphatic carbocycles. The number of hydrogen-bond donors (Lipinski definition) is 0. The largest absolute Gasteiger partial charge is 0.534 e. The fourth-order valence-corrected chi connectivity index (χ4v) is 4.17. The molecular weight excluding hydrogens is 401 g/mol. The van der Waals surface area contributed by atoms with E-state index in [0.717, 1.165) is 0 Å². The van der Waals surface area contributed by atoms with Crippen LogP contribution in [0, 0.1) is 0 Å².